The minimum atomic E-state index is -0.701. The Morgan fingerprint density at radius 3 is 2.71 bits per heavy atom. The monoisotopic (exact) mass is 254 g/mol. The Morgan fingerprint density at radius 1 is 1.65 bits per heavy atom. The quantitative estimate of drug-likeness (QED) is 0.779. The van der Waals surface area contributed by atoms with Gasteiger partial charge >= 0.3 is 0 Å². The first kappa shape index (κ1) is 13.6. The Morgan fingerprint density at radius 2 is 2.24 bits per heavy atom. The molecule has 0 aromatic carbocycles. The first-order valence-electron chi connectivity index (χ1n) is 5.43. The molecule has 0 unspecified atom stereocenters. The van der Waals surface area contributed by atoms with E-state index in [1.807, 2.05) is 6.92 Å². The largest absolute Gasteiger partial charge is 0.391 e. The van der Waals surface area contributed by atoms with Crippen molar-refractivity contribution < 1.29 is 4.79 Å². The van der Waals surface area contributed by atoms with Crippen LogP contribution in [0.2, 0.25) is 0 Å². The van der Waals surface area contributed by atoms with Crippen molar-refractivity contribution in [3.05, 3.63) is 17.5 Å². The molecule has 0 aliphatic rings. The maximum absolute atomic E-state index is 12.1. The standard InChI is InChI=1S/C11H18N4OS/c1-5-8-7(6-15(4)14-8)9(16)13-11(2,3)10(12)17/h6H,5H2,1-4H3,(H2,12,17)(H,13,16). The molecule has 17 heavy (non-hydrogen) atoms. The number of aryl methyl sites for hydroxylation is 2. The van der Waals surface area contributed by atoms with E-state index in [0.717, 1.165) is 5.69 Å². The minimum Gasteiger partial charge on any atom is -0.391 e. The van der Waals surface area contributed by atoms with Gasteiger partial charge < -0.3 is 11.1 Å². The molecular weight excluding hydrogens is 236 g/mol. The van der Waals surface area contributed by atoms with Crippen molar-refractivity contribution in [2.24, 2.45) is 12.8 Å². The third-order valence-electron chi connectivity index (χ3n) is 2.53. The molecule has 0 bridgehead atoms. The Bertz CT molecular complexity index is 450. The van der Waals surface area contributed by atoms with E-state index < -0.39 is 5.54 Å². The van der Waals surface area contributed by atoms with E-state index in [1.165, 1.54) is 0 Å². The van der Waals surface area contributed by atoms with Crippen LogP contribution in [0, 0.1) is 0 Å². The highest BCUT2D eigenvalue weighted by atomic mass is 32.1. The molecule has 6 heteroatoms. The van der Waals surface area contributed by atoms with Gasteiger partial charge in [0.25, 0.3) is 5.91 Å². The second kappa shape index (κ2) is 4.83. The molecule has 94 valence electrons. The Balaban J connectivity index is 2.94. The van der Waals surface area contributed by atoms with Gasteiger partial charge in [-0.25, -0.2) is 0 Å². The van der Waals surface area contributed by atoms with Crippen molar-refractivity contribution in [2.75, 3.05) is 0 Å². The van der Waals surface area contributed by atoms with Crippen LogP contribution in [-0.2, 0) is 13.5 Å². The molecular formula is C11H18N4OS. The molecule has 0 aliphatic carbocycles. The summed E-state index contributed by atoms with van der Waals surface area (Å²) in [6, 6.07) is 0. The molecule has 0 radical (unpaired) electrons. The van der Waals surface area contributed by atoms with Crippen molar-refractivity contribution in [3.63, 3.8) is 0 Å². The minimum absolute atomic E-state index is 0.201. The van der Waals surface area contributed by atoms with Crippen molar-refractivity contribution in [3.8, 4) is 0 Å². The van der Waals surface area contributed by atoms with Gasteiger partial charge in [-0.3, -0.25) is 9.48 Å². The van der Waals surface area contributed by atoms with Crippen LogP contribution in [0.25, 0.3) is 0 Å². The van der Waals surface area contributed by atoms with Gasteiger partial charge in [-0.1, -0.05) is 19.1 Å². The second-order valence-corrected chi connectivity index (χ2v) is 4.90. The van der Waals surface area contributed by atoms with Gasteiger partial charge in [0.15, 0.2) is 0 Å². The van der Waals surface area contributed by atoms with Crippen molar-refractivity contribution in [2.45, 2.75) is 32.7 Å². The van der Waals surface area contributed by atoms with Gasteiger partial charge in [0.2, 0.25) is 0 Å². The summed E-state index contributed by atoms with van der Waals surface area (Å²) in [6.45, 7) is 5.50. The van der Waals surface area contributed by atoms with Crippen molar-refractivity contribution >= 4 is 23.1 Å². The van der Waals surface area contributed by atoms with Crippen LogP contribution < -0.4 is 11.1 Å². The van der Waals surface area contributed by atoms with Crippen molar-refractivity contribution in [1.29, 1.82) is 0 Å². The van der Waals surface area contributed by atoms with E-state index in [-0.39, 0.29) is 10.9 Å². The number of aromatic nitrogens is 2. The number of nitrogens with zero attached hydrogens (tertiary/aromatic N) is 2. The first-order chi connectivity index (χ1) is 7.77. The lowest BCUT2D eigenvalue weighted by molar-refractivity contribution is 0.0931. The Hall–Kier alpha value is -1.43. The van der Waals surface area contributed by atoms with Crippen molar-refractivity contribution in [1.82, 2.24) is 15.1 Å². The highest BCUT2D eigenvalue weighted by Gasteiger charge is 2.26. The molecule has 0 atom stereocenters. The van der Waals surface area contributed by atoms with Gasteiger partial charge in [-0.2, -0.15) is 5.10 Å². The van der Waals surface area contributed by atoms with Gasteiger partial charge in [0.1, 0.15) is 0 Å². The summed E-state index contributed by atoms with van der Waals surface area (Å²) >= 11 is 4.91. The third kappa shape index (κ3) is 3.03. The third-order valence-corrected chi connectivity index (χ3v) is 3.04. The number of amides is 1. The molecule has 3 N–H and O–H groups in total. The predicted molar refractivity (Wildman–Crippen MR) is 70.9 cm³/mol. The Kier molecular flexibility index (Phi) is 3.87. The van der Waals surface area contributed by atoms with Crippen LogP contribution in [0.4, 0.5) is 0 Å². The molecule has 0 spiro atoms. The molecule has 1 aromatic rings. The molecule has 1 heterocycles. The number of nitrogens with two attached hydrogens (primary N) is 1. The van der Waals surface area contributed by atoms with Crippen LogP contribution in [0.3, 0.4) is 0 Å². The van der Waals surface area contributed by atoms with E-state index in [9.17, 15) is 4.79 Å². The first-order valence-corrected chi connectivity index (χ1v) is 5.83. The maximum atomic E-state index is 12.1. The van der Waals surface area contributed by atoms with Crippen LogP contribution in [0.1, 0.15) is 36.8 Å². The lowest BCUT2D eigenvalue weighted by Gasteiger charge is -2.24. The molecule has 0 saturated heterocycles. The summed E-state index contributed by atoms with van der Waals surface area (Å²) in [6.07, 6.45) is 2.40. The number of hydrogen-bond donors (Lipinski definition) is 2. The van der Waals surface area contributed by atoms with E-state index in [2.05, 4.69) is 10.4 Å². The summed E-state index contributed by atoms with van der Waals surface area (Å²) in [7, 11) is 1.79. The van der Waals surface area contributed by atoms with E-state index in [0.29, 0.717) is 12.0 Å². The zero-order chi connectivity index (χ0) is 13.2. The number of thiocarbonyl (C=S) groups is 1. The van der Waals surface area contributed by atoms with Crippen LogP contribution >= 0.6 is 12.2 Å². The molecule has 0 saturated carbocycles. The molecule has 1 aromatic heterocycles. The average Bonchev–Trinajstić information content (AvgIpc) is 2.58. The fourth-order valence-electron chi connectivity index (χ4n) is 1.40. The maximum Gasteiger partial charge on any atom is 0.255 e. The highest BCUT2D eigenvalue weighted by Crippen LogP contribution is 2.10. The second-order valence-electron chi connectivity index (χ2n) is 4.46. The zero-order valence-electron chi connectivity index (χ0n) is 10.6. The molecule has 1 amide bonds. The van der Waals surface area contributed by atoms with Gasteiger partial charge in [0.05, 0.1) is 21.8 Å². The average molecular weight is 254 g/mol. The number of hydrogen-bond acceptors (Lipinski definition) is 3. The Labute approximate surface area is 106 Å². The fraction of sp³-hybridized carbons (Fsp3) is 0.545. The molecule has 1 rings (SSSR count). The van der Waals surface area contributed by atoms with E-state index in [4.69, 9.17) is 18.0 Å². The molecule has 5 nitrogen and oxygen atoms in total. The van der Waals surface area contributed by atoms with E-state index in [1.54, 1.807) is 31.8 Å². The molecule has 0 aliphatic heterocycles. The summed E-state index contributed by atoms with van der Waals surface area (Å²) < 4.78 is 1.63. The van der Waals surface area contributed by atoms with Gasteiger partial charge in [-0.15, -0.1) is 0 Å². The zero-order valence-corrected chi connectivity index (χ0v) is 11.4. The number of carbonyl (C=O) groups is 1. The summed E-state index contributed by atoms with van der Waals surface area (Å²) in [5.74, 6) is -0.201. The smallest absolute Gasteiger partial charge is 0.255 e. The fourth-order valence-corrected chi connectivity index (χ4v) is 1.45. The van der Waals surface area contributed by atoms with Gasteiger partial charge in [0, 0.05) is 13.2 Å². The number of rotatable bonds is 4. The summed E-state index contributed by atoms with van der Waals surface area (Å²) in [5, 5.41) is 7.02. The number of nitrogens with one attached hydrogen (secondary N) is 1. The lowest BCUT2D eigenvalue weighted by atomic mass is 10.0. The normalized spacial score (nSPS) is 11.3. The summed E-state index contributed by atoms with van der Waals surface area (Å²) in [5.41, 5.74) is 6.20. The van der Waals surface area contributed by atoms with Crippen LogP contribution in [0.15, 0.2) is 6.20 Å². The van der Waals surface area contributed by atoms with Crippen LogP contribution in [0.5, 0.6) is 0 Å². The number of carbonyl (C=O) groups excluding carboxylic acids is 1. The lowest BCUT2D eigenvalue weighted by Crippen LogP contribution is -2.52. The predicted octanol–water partition coefficient (Wildman–Crippen LogP) is 0.777. The SMILES string of the molecule is CCc1nn(C)cc1C(=O)NC(C)(C)C(N)=S. The van der Waals surface area contributed by atoms with Crippen LogP contribution in [-0.4, -0.2) is 26.2 Å². The van der Waals surface area contributed by atoms with Gasteiger partial charge in [-0.05, 0) is 20.3 Å². The highest BCUT2D eigenvalue weighted by molar-refractivity contribution is 7.80. The summed E-state index contributed by atoms with van der Waals surface area (Å²) in [4.78, 5) is 12.3. The topological polar surface area (TPSA) is 72.9 Å². The van der Waals surface area contributed by atoms with E-state index >= 15 is 0 Å². The molecule has 0 fully saturated rings.